The van der Waals surface area contributed by atoms with Crippen LogP contribution in [0.15, 0.2) is 65.1 Å². The molecule has 3 aromatic carbocycles. The Labute approximate surface area is 226 Å². The summed E-state index contributed by atoms with van der Waals surface area (Å²) in [5.41, 5.74) is 4.46. The highest BCUT2D eigenvalue weighted by Crippen LogP contribution is 2.66. The molecule has 7 rings (SSSR count). The Morgan fingerprint density at radius 3 is 2.36 bits per heavy atom. The van der Waals surface area contributed by atoms with E-state index in [0.29, 0.717) is 45.4 Å². The zero-order valence-electron chi connectivity index (χ0n) is 22.0. The van der Waals surface area contributed by atoms with Crippen LogP contribution in [-0.4, -0.2) is 24.6 Å². The number of furan rings is 1. The van der Waals surface area contributed by atoms with Crippen molar-refractivity contribution in [2.75, 3.05) is 7.11 Å². The second kappa shape index (κ2) is 9.60. The van der Waals surface area contributed by atoms with Gasteiger partial charge >= 0.3 is 5.97 Å². The molecule has 1 aromatic heterocycles. The minimum absolute atomic E-state index is 0.00587. The molecule has 198 valence electrons. The van der Waals surface area contributed by atoms with E-state index in [2.05, 4.69) is 0 Å². The third-order valence-corrected chi connectivity index (χ3v) is 8.38. The van der Waals surface area contributed by atoms with Crippen molar-refractivity contribution in [2.24, 2.45) is 11.3 Å². The van der Waals surface area contributed by atoms with E-state index in [0.717, 1.165) is 36.3 Å². The number of hydrogen-bond donors (Lipinski definition) is 0. The minimum atomic E-state index is -0.415. The van der Waals surface area contributed by atoms with Crippen LogP contribution in [0.25, 0.3) is 33.4 Å². The van der Waals surface area contributed by atoms with Gasteiger partial charge in [-0.1, -0.05) is 25.1 Å². The quantitative estimate of drug-likeness (QED) is 0.167. The fourth-order valence-corrected chi connectivity index (χ4v) is 6.26. The summed E-state index contributed by atoms with van der Waals surface area (Å²) in [4.78, 5) is 38.7. The van der Waals surface area contributed by atoms with Gasteiger partial charge in [-0.15, -0.1) is 0 Å². The van der Waals surface area contributed by atoms with Crippen molar-refractivity contribution in [3.05, 3.63) is 83.2 Å². The number of hydrogen-bond acceptors (Lipinski definition) is 5. The number of ketones is 2. The van der Waals surface area contributed by atoms with Gasteiger partial charge in [0.05, 0.1) is 19.1 Å². The van der Waals surface area contributed by atoms with E-state index in [1.165, 1.54) is 19.2 Å². The Morgan fingerprint density at radius 2 is 1.72 bits per heavy atom. The monoisotopic (exact) mass is 524 g/mol. The lowest BCUT2D eigenvalue weighted by atomic mass is 9.43. The minimum Gasteiger partial charge on any atom is -0.469 e. The lowest BCUT2D eigenvalue weighted by Crippen LogP contribution is -2.52. The molecule has 1 heterocycles. The van der Waals surface area contributed by atoms with Crippen molar-refractivity contribution in [3.63, 3.8) is 0 Å². The van der Waals surface area contributed by atoms with Gasteiger partial charge < -0.3 is 9.15 Å². The van der Waals surface area contributed by atoms with Crippen LogP contribution in [0.5, 0.6) is 0 Å². The molecule has 0 unspecified atom stereocenters. The average molecular weight is 525 g/mol. The molecule has 2 bridgehead atoms. The molecule has 3 saturated carbocycles. The van der Waals surface area contributed by atoms with Crippen LogP contribution in [0.2, 0.25) is 0 Å². The van der Waals surface area contributed by atoms with Crippen LogP contribution in [0.3, 0.4) is 0 Å². The smallest absolute Gasteiger partial charge is 0.310 e. The van der Waals surface area contributed by atoms with Gasteiger partial charge in [-0.25, -0.2) is 4.39 Å². The van der Waals surface area contributed by atoms with E-state index in [1.54, 1.807) is 25.1 Å². The summed E-state index contributed by atoms with van der Waals surface area (Å²) in [5, 5.41) is 0.607. The molecule has 3 fully saturated rings. The van der Waals surface area contributed by atoms with Crippen molar-refractivity contribution in [1.29, 1.82) is 0 Å². The van der Waals surface area contributed by atoms with Crippen LogP contribution in [0.1, 0.15) is 65.3 Å². The van der Waals surface area contributed by atoms with Gasteiger partial charge in [-0.3, -0.25) is 14.4 Å². The number of benzene rings is 3. The third-order valence-electron chi connectivity index (χ3n) is 8.38. The number of methoxy groups -OCH3 is 1. The molecule has 4 aromatic rings. The van der Waals surface area contributed by atoms with Crippen molar-refractivity contribution in [2.45, 2.75) is 45.4 Å². The predicted molar refractivity (Wildman–Crippen MR) is 146 cm³/mol. The van der Waals surface area contributed by atoms with Gasteiger partial charge in [-0.2, -0.15) is 0 Å². The van der Waals surface area contributed by atoms with Gasteiger partial charge in [-0.05, 0) is 89.8 Å². The molecule has 0 saturated heterocycles. The van der Waals surface area contributed by atoms with Gasteiger partial charge in [0.25, 0.3) is 0 Å². The van der Waals surface area contributed by atoms with E-state index in [9.17, 15) is 18.8 Å². The summed E-state index contributed by atoms with van der Waals surface area (Å²) in [6.45, 7) is 1.78. The second-order valence-corrected chi connectivity index (χ2v) is 11.0. The number of ether oxygens (including phenoxy) is 1. The number of carbonyl (C=O) groups excluding carboxylic acids is 3. The summed E-state index contributed by atoms with van der Waals surface area (Å²) in [7, 11) is 1.34. The molecule has 3 aliphatic rings. The first-order chi connectivity index (χ1) is 18.8. The number of carbonyl (C=O) groups is 3. The second-order valence-electron chi connectivity index (χ2n) is 11.0. The lowest BCUT2D eigenvalue weighted by Gasteiger charge is -2.62. The topological polar surface area (TPSA) is 73.6 Å². The first kappa shape index (κ1) is 25.2. The highest BCUT2D eigenvalue weighted by molar-refractivity contribution is 6.13. The van der Waals surface area contributed by atoms with Gasteiger partial charge in [0.1, 0.15) is 17.2 Å². The predicted octanol–water partition coefficient (Wildman–Crippen LogP) is 7.59. The Morgan fingerprint density at radius 1 is 0.974 bits per heavy atom. The zero-order valence-corrected chi connectivity index (χ0v) is 22.0. The number of fused-ring (bicyclic) bond motifs is 1. The van der Waals surface area contributed by atoms with Crippen molar-refractivity contribution in [3.8, 4) is 22.5 Å². The van der Waals surface area contributed by atoms with E-state index >= 15 is 0 Å². The summed E-state index contributed by atoms with van der Waals surface area (Å²) < 4.78 is 24.8. The standard InChI is InChI=1S/C33H29FO5/c1-3-27(35)31-26-14-25(21-5-4-6-22(11-21)28(36)18-33-15-19(16-33)17-33)23(13-30(37)38-2)12-29(26)39-32(31)20-7-9-24(34)10-8-20/h4-12,14,19H,3,13,15-18H2,1-2H3. The summed E-state index contributed by atoms with van der Waals surface area (Å²) in [5.74, 6) is 0.398. The molecular weight excluding hydrogens is 495 g/mol. The molecule has 39 heavy (non-hydrogen) atoms. The van der Waals surface area contributed by atoms with Crippen molar-refractivity contribution < 1.29 is 27.9 Å². The third kappa shape index (κ3) is 4.48. The Bertz CT molecular complexity index is 1610. The Balaban J connectivity index is 1.49. The van der Waals surface area contributed by atoms with Gasteiger partial charge in [0.15, 0.2) is 11.6 Å². The molecule has 5 nitrogen and oxygen atoms in total. The molecule has 0 amide bonds. The lowest BCUT2D eigenvalue weighted by molar-refractivity contribution is -0.139. The Kier molecular flexibility index (Phi) is 6.21. The molecule has 0 aliphatic heterocycles. The average Bonchev–Trinajstić information content (AvgIpc) is 3.27. The van der Waals surface area contributed by atoms with E-state index in [4.69, 9.17) is 9.15 Å². The molecule has 0 N–H and O–H groups in total. The first-order valence-electron chi connectivity index (χ1n) is 13.4. The van der Waals surface area contributed by atoms with Crippen LogP contribution in [-0.2, 0) is 16.0 Å². The summed E-state index contributed by atoms with van der Waals surface area (Å²) in [6.07, 6.45) is 4.29. The van der Waals surface area contributed by atoms with E-state index in [1.807, 2.05) is 30.3 Å². The Hall–Kier alpha value is -4.06. The van der Waals surface area contributed by atoms with E-state index < -0.39 is 5.97 Å². The normalized spacial score (nSPS) is 19.3. The highest BCUT2D eigenvalue weighted by Gasteiger charge is 2.56. The number of Topliss-reactive ketones (excluding diaryl/α,β-unsaturated/α-hetero) is 2. The van der Waals surface area contributed by atoms with Crippen LogP contribution < -0.4 is 0 Å². The molecule has 3 aliphatic carbocycles. The molecule has 0 atom stereocenters. The van der Waals surface area contributed by atoms with Crippen LogP contribution in [0.4, 0.5) is 4.39 Å². The fraction of sp³-hybridized carbons (Fsp3) is 0.303. The van der Waals surface area contributed by atoms with Crippen molar-refractivity contribution >= 4 is 28.5 Å². The highest BCUT2D eigenvalue weighted by atomic mass is 19.1. The molecule has 0 spiro atoms. The molecule has 6 heteroatoms. The summed E-state index contributed by atoms with van der Waals surface area (Å²) in [6, 6.07) is 16.9. The largest absolute Gasteiger partial charge is 0.469 e. The maximum Gasteiger partial charge on any atom is 0.310 e. The summed E-state index contributed by atoms with van der Waals surface area (Å²) >= 11 is 0. The number of rotatable bonds is 9. The first-order valence-corrected chi connectivity index (χ1v) is 13.4. The zero-order chi connectivity index (χ0) is 27.3. The van der Waals surface area contributed by atoms with Crippen LogP contribution >= 0.6 is 0 Å². The van der Waals surface area contributed by atoms with Gasteiger partial charge in [0.2, 0.25) is 0 Å². The fourth-order valence-electron chi connectivity index (χ4n) is 6.26. The molecular formula is C33H29FO5. The SMILES string of the molecule is CCC(=O)c1c(-c2ccc(F)cc2)oc2cc(CC(=O)OC)c(-c3cccc(C(=O)CC45CC(C4)C5)c3)cc12. The van der Waals surface area contributed by atoms with E-state index in [-0.39, 0.29) is 35.6 Å². The van der Waals surface area contributed by atoms with Crippen LogP contribution in [0, 0.1) is 17.2 Å². The maximum atomic E-state index is 13.6. The number of esters is 1. The molecule has 0 radical (unpaired) electrons. The number of halogens is 1. The van der Waals surface area contributed by atoms with Gasteiger partial charge in [0, 0.05) is 29.4 Å². The van der Waals surface area contributed by atoms with Crippen molar-refractivity contribution in [1.82, 2.24) is 0 Å². The maximum absolute atomic E-state index is 13.6.